The number of benzene rings is 1. The van der Waals surface area contributed by atoms with E-state index in [0.29, 0.717) is 38.1 Å². The number of hydrogen-bond donors (Lipinski definition) is 0. The Morgan fingerprint density at radius 2 is 1.80 bits per heavy atom. The third kappa shape index (κ3) is 4.75. The molecule has 8 nitrogen and oxygen atoms in total. The van der Waals surface area contributed by atoms with Gasteiger partial charge < -0.3 is 14.1 Å². The highest BCUT2D eigenvalue weighted by molar-refractivity contribution is 7.99. The van der Waals surface area contributed by atoms with Crippen LogP contribution in [0.3, 0.4) is 0 Å². The Bertz CT molecular complexity index is 972. The molecular weight excluding hydrogens is 421 g/mol. The zero-order chi connectivity index (χ0) is 21.1. The quantitative estimate of drug-likeness (QED) is 0.538. The first kappa shape index (κ1) is 20.7. The third-order valence-electron chi connectivity index (χ3n) is 4.42. The van der Waals surface area contributed by atoms with Crippen molar-refractivity contribution >= 4 is 17.7 Å². The van der Waals surface area contributed by atoms with E-state index in [1.54, 1.807) is 11.8 Å². The lowest BCUT2D eigenvalue weighted by molar-refractivity contribution is -0.141. The highest BCUT2D eigenvalue weighted by atomic mass is 32.2. The van der Waals surface area contributed by atoms with E-state index in [2.05, 4.69) is 20.4 Å². The van der Waals surface area contributed by atoms with E-state index in [-0.39, 0.29) is 11.1 Å². The highest BCUT2D eigenvalue weighted by Gasteiger charge is 2.33. The molecule has 0 saturated carbocycles. The lowest BCUT2D eigenvalue weighted by atomic mass is 10.2. The molecule has 2 aromatic heterocycles. The predicted molar refractivity (Wildman–Crippen MR) is 103 cm³/mol. The molecular formula is C18H19F3N6O2S. The second-order valence-corrected chi connectivity index (χ2v) is 7.96. The van der Waals surface area contributed by atoms with Gasteiger partial charge in [-0.15, -0.1) is 20.4 Å². The second-order valence-electron chi connectivity index (χ2n) is 6.65. The molecule has 1 aliphatic heterocycles. The summed E-state index contributed by atoms with van der Waals surface area (Å²) in [5.41, 5.74) is 0.767. The van der Waals surface area contributed by atoms with Crippen molar-refractivity contribution in [1.82, 2.24) is 25.0 Å². The Morgan fingerprint density at radius 1 is 1.07 bits per heavy atom. The Balaban J connectivity index is 1.56. The number of halogens is 3. The number of morpholine rings is 1. The van der Waals surface area contributed by atoms with E-state index >= 15 is 0 Å². The fourth-order valence-corrected chi connectivity index (χ4v) is 3.86. The molecule has 1 aromatic carbocycles. The second kappa shape index (κ2) is 8.64. The van der Waals surface area contributed by atoms with E-state index in [1.165, 1.54) is 0 Å². The summed E-state index contributed by atoms with van der Waals surface area (Å²) in [6.07, 6.45) is -4.41. The minimum absolute atomic E-state index is 0.140. The molecule has 0 radical (unpaired) electrons. The van der Waals surface area contributed by atoms with Gasteiger partial charge in [0, 0.05) is 18.7 Å². The first-order valence-corrected chi connectivity index (χ1v) is 10.2. The van der Waals surface area contributed by atoms with Gasteiger partial charge in [0.1, 0.15) is 6.54 Å². The Morgan fingerprint density at radius 3 is 2.50 bits per heavy atom. The van der Waals surface area contributed by atoms with E-state index < -0.39 is 18.0 Å². The normalized spacial score (nSPS) is 16.1. The molecule has 0 aliphatic carbocycles. The predicted octanol–water partition coefficient (Wildman–Crippen LogP) is 3.58. The van der Waals surface area contributed by atoms with E-state index in [9.17, 15) is 13.2 Å². The molecule has 1 atom stereocenters. The van der Waals surface area contributed by atoms with Crippen LogP contribution in [0.4, 0.5) is 19.1 Å². The summed E-state index contributed by atoms with van der Waals surface area (Å²) >= 11 is 1.09. The minimum Gasteiger partial charge on any atom is -0.419 e. The largest absolute Gasteiger partial charge is 0.419 e. The van der Waals surface area contributed by atoms with Gasteiger partial charge in [-0.3, -0.25) is 4.57 Å². The highest BCUT2D eigenvalue weighted by Crippen LogP contribution is 2.36. The van der Waals surface area contributed by atoms with Crippen molar-refractivity contribution in [3.63, 3.8) is 0 Å². The SMILES string of the molecule is CC(Sc1nnc(N2CCOCC2)n1CC(F)(F)F)c1nnc(-c2ccccc2)o1. The maximum atomic E-state index is 13.2. The standard InChI is InChI=1S/C18H19F3N6O2S/c1-12(14-22-23-15(29-14)13-5-3-2-4-6-13)30-17-25-24-16(26-7-9-28-10-8-26)27(17)11-18(19,20)21/h2-6,12H,7-11H2,1H3. The smallest absolute Gasteiger partial charge is 0.406 e. The minimum atomic E-state index is -4.41. The van der Waals surface area contributed by atoms with Crippen molar-refractivity contribution in [1.29, 1.82) is 0 Å². The first-order valence-electron chi connectivity index (χ1n) is 9.29. The van der Waals surface area contributed by atoms with Crippen molar-refractivity contribution in [3.05, 3.63) is 36.2 Å². The number of anilines is 1. The van der Waals surface area contributed by atoms with Gasteiger partial charge in [0.2, 0.25) is 17.7 Å². The topological polar surface area (TPSA) is 82.1 Å². The number of nitrogens with zero attached hydrogens (tertiary/aromatic N) is 6. The number of thioether (sulfide) groups is 1. The molecule has 4 rings (SSSR count). The molecule has 0 amide bonds. The molecule has 0 bridgehead atoms. The van der Waals surface area contributed by atoms with Gasteiger partial charge in [0.15, 0.2) is 5.16 Å². The third-order valence-corrected chi connectivity index (χ3v) is 5.49. The lowest BCUT2D eigenvalue weighted by Gasteiger charge is -2.28. The first-order chi connectivity index (χ1) is 14.4. The van der Waals surface area contributed by atoms with Gasteiger partial charge in [0.25, 0.3) is 0 Å². The van der Waals surface area contributed by atoms with Crippen molar-refractivity contribution in [3.8, 4) is 11.5 Å². The molecule has 1 saturated heterocycles. The molecule has 0 spiro atoms. The van der Waals surface area contributed by atoms with Crippen LogP contribution in [-0.4, -0.2) is 57.4 Å². The molecule has 1 fully saturated rings. The van der Waals surface area contributed by atoms with E-state index in [1.807, 2.05) is 30.3 Å². The van der Waals surface area contributed by atoms with Crippen LogP contribution < -0.4 is 4.90 Å². The Hall–Kier alpha value is -2.60. The summed E-state index contributed by atoms with van der Waals surface area (Å²) < 4.78 is 51.8. The van der Waals surface area contributed by atoms with Crippen LogP contribution >= 0.6 is 11.8 Å². The van der Waals surface area contributed by atoms with Gasteiger partial charge in [-0.05, 0) is 19.1 Å². The van der Waals surface area contributed by atoms with Crippen molar-refractivity contribution in [2.45, 2.75) is 30.1 Å². The summed E-state index contributed by atoms with van der Waals surface area (Å²) in [5.74, 6) is 0.831. The van der Waals surface area contributed by atoms with Crippen LogP contribution in [-0.2, 0) is 11.3 Å². The van der Waals surface area contributed by atoms with Crippen molar-refractivity contribution in [2.24, 2.45) is 0 Å². The van der Waals surface area contributed by atoms with Crippen LogP contribution in [0.25, 0.3) is 11.5 Å². The molecule has 1 aliphatic rings. The fraction of sp³-hybridized carbons (Fsp3) is 0.444. The summed E-state index contributed by atoms with van der Waals surface area (Å²) in [6, 6.07) is 9.25. The fourth-order valence-electron chi connectivity index (χ4n) is 2.99. The van der Waals surface area contributed by atoms with Crippen LogP contribution in [0.15, 0.2) is 39.9 Å². The average molecular weight is 440 g/mol. The van der Waals surface area contributed by atoms with Crippen LogP contribution in [0.2, 0.25) is 0 Å². The average Bonchev–Trinajstić information content (AvgIpc) is 3.36. The molecule has 12 heteroatoms. The summed E-state index contributed by atoms with van der Waals surface area (Å²) in [7, 11) is 0. The number of hydrogen-bond acceptors (Lipinski definition) is 8. The van der Waals surface area contributed by atoms with Crippen molar-refractivity contribution in [2.75, 3.05) is 31.2 Å². The molecule has 0 N–H and O–H groups in total. The van der Waals surface area contributed by atoms with Crippen molar-refractivity contribution < 1.29 is 22.3 Å². The number of ether oxygens (including phenoxy) is 1. The zero-order valence-electron chi connectivity index (χ0n) is 16.0. The van der Waals surface area contributed by atoms with Gasteiger partial charge in [-0.2, -0.15) is 13.2 Å². The monoisotopic (exact) mass is 440 g/mol. The summed E-state index contributed by atoms with van der Waals surface area (Å²) in [6.45, 7) is 2.37. The van der Waals surface area contributed by atoms with Crippen LogP contribution in [0, 0.1) is 0 Å². The summed E-state index contributed by atoms with van der Waals surface area (Å²) in [5, 5.41) is 15.8. The number of alkyl halides is 3. The molecule has 30 heavy (non-hydrogen) atoms. The maximum Gasteiger partial charge on any atom is 0.406 e. The molecule has 3 aromatic rings. The molecule has 160 valence electrons. The Kier molecular flexibility index (Phi) is 5.95. The molecule has 3 heterocycles. The number of aromatic nitrogens is 5. The van der Waals surface area contributed by atoms with Gasteiger partial charge >= 0.3 is 6.18 Å². The van der Waals surface area contributed by atoms with E-state index in [0.717, 1.165) is 21.9 Å². The van der Waals surface area contributed by atoms with Gasteiger partial charge in [-0.25, -0.2) is 0 Å². The summed E-state index contributed by atoms with van der Waals surface area (Å²) in [4.78, 5) is 1.75. The molecule has 1 unspecified atom stereocenters. The maximum absolute atomic E-state index is 13.2. The van der Waals surface area contributed by atoms with Gasteiger partial charge in [0.05, 0.1) is 18.5 Å². The van der Waals surface area contributed by atoms with Crippen LogP contribution in [0.1, 0.15) is 18.1 Å². The Labute approximate surface area is 174 Å². The number of rotatable bonds is 6. The zero-order valence-corrected chi connectivity index (χ0v) is 16.9. The van der Waals surface area contributed by atoms with Crippen LogP contribution in [0.5, 0.6) is 0 Å². The van der Waals surface area contributed by atoms with Gasteiger partial charge in [-0.1, -0.05) is 30.0 Å². The van der Waals surface area contributed by atoms with E-state index in [4.69, 9.17) is 9.15 Å². The lowest BCUT2D eigenvalue weighted by Crippen LogP contribution is -2.38.